The molecule has 0 amide bonds. The van der Waals surface area contributed by atoms with E-state index in [4.69, 9.17) is 0 Å². The molecular formula is C17H26. The Morgan fingerprint density at radius 3 is 2.71 bits per heavy atom. The molecule has 0 radical (unpaired) electrons. The second-order valence-electron chi connectivity index (χ2n) is 6.14. The van der Waals surface area contributed by atoms with Crippen LogP contribution in [0.15, 0.2) is 18.2 Å². The highest BCUT2D eigenvalue weighted by Gasteiger charge is 2.30. The second-order valence-corrected chi connectivity index (χ2v) is 6.14. The number of hydrogen-bond acceptors (Lipinski definition) is 0. The smallest absolute Gasteiger partial charge is 0.00976 e. The van der Waals surface area contributed by atoms with Crippen molar-refractivity contribution in [3.8, 4) is 0 Å². The summed E-state index contributed by atoms with van der Waals surface area (Å²) in [5.74, 6) is 0. The number of benzene rings is 1. The molecule has 0 atom stereocenters. The van der Waals surface area contributed by atoms with Crippen molar-refractivity contribution in [3.05, 3.63) is 34.9 Å². The lowest BCUT2D eigenvalue weighted by molar-refractivity contribution is 0.522. The third kappa shape index (κ3) is 2.73. The quantitative estimate of drug-likeness (QED) is 0.622. The summed E-state index contributed by atoms with van der Waals surface area (Å²) < 4.78 is 0. The number of aryl methyl sites for hydroxylation is 1. The van der Waals surface area contributed by atoms with Crippen LogP contribution in [0.5, 0.6) is 0 Å². The fourth-order valence-electron chi connectivity index (χ4n) is 3.11. The van der Waals surface area contributed by atoms with E-state index in [1.165, 1.54) is 44.9 Å². The molecule has 0 saturated heterocycles. The molecule has 0 bridgehead atoms. The molecule has 0 spiro atoms. The number of rotatable bonds is 5. The minimum absolute atomic E-state index is 0.411. The largest absolute Gasteiger partial charge is 0.0654 e. The Hall–Kier alpha value is -0.780. The predicted octanol–water partition coefficient (Wildman–Crippen LogP) is 5.03. The van der Waals surface area contributed by atoms with Crippen LogP contribution in [0.1, 0.15) is 69.6 Å². The highest BCUT2D eigenvalue weighted by molar-refractivity contribution is 5.43. The Morgan fingerprint density at radius 1 is 1.12 bits per heavy atom. The molecule has 0 fully saturated rings. The standard InChI is InChI=1S/C17H26/c1-4-5-6-7-9-14-10-8-11-16-15(14)12-13-17(16,2)3/h8,10-11H,4-7,9,12-13H2,1-3H3. The van der Waals surface area contributed by atoms with Crippen molar-refractivity contribution >= 4 is 0 Å². The van der Waals surface area contributed by atoms with Crippen molar-refractivity contribution < 1.29 is 0 Å². The molecule has 0 heteroatoms. The Balaban J connectivity index is 2.07. The summed E-state index contributed by atoms with van der Waals surface area (Å²) in [6.45, 7) is 7.06. The van der Waals surface area contributed by atoms with Crippen molar-refractivity contribution in [2.75, 3.05) is 0 Å². The van der Waals surface area contributed by atoms with E-state index in [9.17, 15) is 0 Å². The maximum absolute atomic E-state index is 2.39. The summed E-state index contributed by atoms with van der Waals surface area (Å²) in [5.41, 5.74) is 5.33. The van der Waals surface area contributed by atoms with Gasteiger partial charge < -0.3 is 0 Å². The molecule has 1 aromatic carbocycles. The van der Waals surface area contributed by atoms with Gasteiger partial charge in [0.1, 0.15) is 0 Å². The first kappa shape index (κ1) is 12.7. The maximum atomic E-state index is 2.39. The first-order chi connectivity index (χ1) is 8.15. The molecule has 1 aliphatic carbocycles. The van der Waals surface area contributed by atoms with Gasteiger partial charge in [-0.2, -0.15) is 0 Å². The number of hydrogen-bond donors (Lipinski definition) is 0. The highest BCUT2D eigenvalue weighted by atomic mass is 14.3. The highest BCUT2D eigenvalue weighted by Crippen LogP contribution is 2.39. The lowest BCUT2D eigenvalue weighted by atomic mass is 9.85. The molecular weight excluding hydrogens is 204 g/mol. The Bertz CT molecular complexity index is 374. The van der Waals surface area contributed by atoms with E-state index < -0.39 is 0 Å². The Morgan fingerprint density at radius 2 is 1.94 bits per heavy atom. The van der Waals surface area contributed by atoms with E-state index in [1.54, 1.807) is 16.7 Å². The van der Waals surface area contributed by atoms with Crippen LogP contribution >= 0.6 is 0 Å². The third-order valence-corrected chi connectivity index (χ3v) is 4.30. The summed E-state index contributed by atoms with van der Waals surface area (Å²) in [7, 11) is 0. The zero-order chi connectivity index (χ0) is 12.3. The van der Waals surface area contributed by atoms with Crippen molar-refractivity contribution in [2.24, 2.45) is 0 Å². The summed E-state index contributed by atoms with van der Waals surface area (Å²) in [5, 5.41) is 0. The first-order valence-corrected chi connectivity index (χ1v) is 7.26. The van der Waals surface area contributed by atoms with Crippen LogP contribution in [0.25, 0.3) is 0 Å². The number of fused-ring (bicyclic) bond motifs is 1. The zero-order valence-corrected chi connectivity index (χ0v) is 11.7. The molecule has 0 N–H and O–H groups in total. The van der Waals surface area contributed by atoms with Gasteiger partial charge in [-0.05, 0) is 47.8 Å². The molecule has 94 valence electrons. The average molecular weight is 230 g/mol. The topological polar surface area (TPSA) is 0 Å². The number of unbranched alkanes of at least 4 members (excludes halogenated alkanes) is 3. The predicted molar refractivity (Wildman–Crippen MR) is 75.6 cm³/mol. The Kier molecular flexibility index (Phi) is 3.91. The fourth-order valence-corrected chi connectivity index (χ4v) is 3.11. The van der Waals surface area contributed by atoms with Crippen LogP contribution in [0.4, 0.5) is 0 Å². The van der Waals surface area contributed by atoms with E-state index in [0.717, 1.165) is 0 Å². The van der Waals surface area contributed by atoms with E-state index >= 15 is 0 Å². The van der Waals surface area contributed by atoms with Crippen molar-refractivity contribution in [2.45, 2.75) is 71.1 Å². The summed E-state index contributed by atoms with van der Waals surface area (Å²) in [6, 6.07) is 6.96. The van der Waals surface area contributed by atoms with Gasteiger partial charge in [0.2, 0.25) is 0 Å². The van der Waals surface area contributed by atoms with Gasteiger partial charge in [-0.15, -0.1) is 0 Å². The fraction of sp³-hybridized carbons (Fsp3) is 0.647. The monoisotopic (exact) mass is 230 g/mol. The van der Waals surface area contributed by atoms with Gasteiger partial charge >= 0.3 is 0 Å². The molecule has 0 heterocycles. The molecule has 17 heavy (non-hydrogen) atoms. The van der Waals surface area contributed by atoms with Crippen molar-refractivity contribution in [1.82, 2.24) is 0 Å². The normalized spacial score (nSPS) is 17.1. The average Bonchev–Trinajstić information content (AvgIpc) is 2.62. The molecule has 2 rings (SSSR count). The van der Waals surface area contributed by atoms with Crippen LogP contribution in [0, 0.1) is 0 Å². The van der Waals surface area contributed by atoms with E-state index in [2.05, 4.69) is 39.0 Å². The van der Waals surface area contributed by atoms with Gasteiger partial charge in [-0.25, -0.2) is 0 Å². The first-order valence-electron chi connectivity index (χ1n) is 7.26. The Labute approximate surface area is 106 Å². The summed E-state index contributed by atoms with van der Waals surface area (Å²) >= 11 is 0. The van der Waals surface area contributed by atoms with Crippen LogP contribution in [-0.2, 0) is 18.3 Å². The zero-order valence-electron chi connectivity index (χ0n) is 11.7. The second kappa shape index (κ2) is 5.25. The SMILES string of the molecule is CCCCCCc1cccc2c1CCC2(C)C. The molecule has 1 aromatic rings. The van der Waals surface area contributed by atoms with E-state index in [1.807, 2.05) is 0 Å². The van der Waals surface area contributed by atoms with Gasteiger partial charge in [-0.1, -0.05) is 58.2 Å². The third-order valence-electron chi connectivity index (χ3n) is 4.30. The minimum Gasteiger partial charge on any atom is -0.0654 e. The summed E-state index contributed by atoms with van der Waals surface area (Å²) in [4.78, 5) is 0. The van der Waals surface area contributed by atoms with Gasteiger partial charge in [0, 0.05) is 0 Å². The van der Waals surface area contributed by atoms with Crippen molar-refractivity contribution in [3.63, 3.8) is 0 Å². The minimum atomic E-state index is 0.411. The molecule has 0 saturated carbocycles. The maximum Gasteiger partial charge on any atom is -0.00976 e. The molecule has 0 aliphatic heterocycles. The summed E-state index contributed by atoms with van der Waals surface area (Å²) in [6.07, 6.45) is 9.40. The van der Waals surface area contributed by atoms with E-state index in [-0.39, 0.29) is 0 Å². The molecule has 0 unspecified atom stereocenters. The van der Waals surface area contributed by atoms with Gasteiger partial charge in [0.05, 0.1) is 0 Å². The molecule has 1 aliphatic rings. The molecule has 0 nitrogen and oxygen atoms in total. The van der Waals surface area contributed by atoms with Crippen LogP contribution in [0.2, 0.25) is 0 Å². The van der Waals surface area contributed by atoms with Gasteiger partial charge in [0.25, 0.3) is 0 Å². The van der Waals surface area contributed by atoms with Crippen LogP contribution in [0.3, 0.4) is 0 Å². The van der Waals surface area contributed by atoms with Gasteiger partial charge in [0.15, 0.2) is 0 Å². The van der Waals surface area contributed by atoms with E-state index in [0.29, 0.717) is 5.41 Å². The van der Waals surface area contributed by atoms with Gasteiger partial charge in [-0.3, -0.25) is 0 Å². The van der Waals surface area contributed by atoms with Crippen LogP contribution in [-0.4, -0.2) is 0 Å². The lowest BCUT2D eigenvalue weighted by Gasteiger charge is -2.19. The van der Waals surface area contributed by atoms with Crippen molar-refractivity contribution in [1.29, 1.82) is 0 Å². The van der Waals surface area contributed by atoms with Crippen LogP contribution < -0.4 is 0 Å². The molecule has 0 aromatic heterocycles. The lowest BCUT2D eigenvalue weighted by Crippen LogP contribution is -2.11.